The third-order valence-electron chi connectivity index (χ3n) is 2.78. The molecule has 5 heteroatoms. The van der Waals surface area contributed by atoms with Gasteiger partial charge < -0.3 is 4.90 Å². The molecule has 0 unspecified atom stereocenters. The lowest BCUT2D eigenvalue weighted by atomic mass is 10.2. The van der Waals surface area contributed by atoms with E-state index in [1.54, 1.807) is 6.20 Å². The highest BCUT2D eigenvalue weighted by Crippen LogP contribution is 2.25. The first-order valence-electron chi connectivity index (χ1n) is 5.76. The predicted octanol–water partition coefficient (Wildman–Crippen LogP) is 4.87. The fraction of sp³-hybridized carbons (Fsp3) is 0.214. The zero-order valence-electron chi connectivity index (χ0n) is 10.4. The van der Waals surface area contributed by atoms with Crippen molar-refractivity contribution in [3.63, 3.8) is 0 Å². The summed E-state index contributed by atoms with van der Waals surface area (Å²) in [5.41, 5.74) is 2.06. The summed E-state index contributed by atoms with van der Waals surface area (Å²) >= 11 is 15.5. The van der Waals surface area contributed by atoms with Gasteiger partial charge in [-0.05, 0) is 33.6 Å². The summed E-state index contributed by atoms with van der Waals surface area (Å²) in [6.07, 6.45) is 1.77. The molecule has 0 spiro atoms. The van der Waals surface area contributed by atoms with E-state index in [9.17, 15) is 0 Å². The largest absolute Gasteiger partial charge is 0.355 e. The molecule has 0 aliphatic rings. The van der Waals surface area contributed by atoms with E-state index < -0.39 is 0 Å². The molecular formula is C14H13BrCl2N2. The van der Waals surface area contributed by atoms with Gasteiger partial charge in [0.05, 0.1) is 5.88 Å². The smallest absolute Gasteiger partial charge is 0.133 e. The van der Waals surface area contributed by atoms with Crippen LogP contribution in [0, 0.1) is 0 Å². The van der Waals surface area contributed by atoms with Gasteiger partial charge in [0.2, 0.25) is 0 Å². The molecule has 0 aliphatic carbocycles. The molecule has 0 saturated carbocycles. The number of nitrogens with zero attached hydrogens (tertiary/aromatic N) is 2. The van der Waals surface area contributed by atoms with Crippen LogP contribution in [0.3, 0.4) is 0 Å². The van der Waals surface area contributed by atoms with Gasteiger partial charge >= 0.3 is 0 Å². The maximum Gasteiger partial charge on any atom is 0.133 e. The quantitative estimate of drug-likeness (QED) is 0.723. The molecule has 0 saturated heterocycles. The van der Waals surface area contributed by atoms with E-state index in [1.807, 2.05) is 42.3 Å². The lowest BCUT2D eigenvalue weighted by molar-refractivity contribution is 0.888. The Balaban J connectivity index is 2.25. The number of alkyl halides is 1. The van der Waals surface area contributed by atoms with Crippen molar-refractivity contribution in [1.29, 1.82) is 0 Å². The van der Waals surface area contributed by atoms with Crippen LogP contribution in [0.1, 0.15) is 11.1 Å². The van der Waals surface area contributed by atoms with Crippen molar-refractivity contribution in [2.24, 2.45) is 0 Å². The maximum atomic E-state index is 6.17. The molecule has 19 heavy (non-hydrogen) atoms. The number of pyridine rings is 1. The van der Waals surface area contributed by atoms with Crippen LogP contribution in [0.25, 0.3) is 0 Å². The first-order valence-corrected chi connectivity index (χ1v) is 7.47. The molecule has 1 heterocycles. The first kappa shape index (κ1) is 14.6. The average molecular weight is 360 g/mol. The molecule has 0 N–H and O–H groups in total. The third-order valence-corrected chi connectivity index (χ3v) is 3.87. The molecule has 2 aromatic rings. The summed E-state index contributed by atoms with van der Waals surface area (Å²) in [5.74, 6) is 1.30. The van der Waals surface area contributed by atoms with Crippen molar-refractivity contribution in [1.82, 2.24) is 4.98 Å². The van der Waals surface area contributed by atoms with Gasteiger partial charge in [-0.2, -0.15) is 0 Å². The van der Waals surface area contributed by atoms with Crippen LogP contribution >= 0.6 is 39.1 Å². The number of benzene rings is 1. The summed E-state index contributed by atoms with van der Waals surface area (Å²) < 4.78 is 0.929. The standard InChI is InChI=1S/C14H13BrCl2N2/c1-19(9-10-4-2-3-5-13(10)17)14-11(7-16)6-12(15)8-18-14/h2-6,8H,7,9H2,1H3. The Morgan fingerprint density at radius 1 is 1.26 bits per heavy atom. The van der Waals surface area contributed by atoms with Gasteiger partial charge in [0.25, 0.3) is 0 Å². The lowest BCUT2D eigenvalue weighted by Crippen LogP contribution is -2.19. The van der Waals surface area contributed by atoms with Gasteiger partial charge in [-0.25, -0.2) is 4.98 Å². The van der Waals surface area contributed by atoms with Crippen LogP contribution in [0.5, 0.6) is 0 Å². The van der Waals surface area contributed by atoms with Crippen LogP contribution in [-0.4, -0.2) is 12.0 Å². The molecule has 0 aliphatic heterocycles. The van der Waals surface area contributed by atoms with Crippen LogP contribution in [0.4, 0.5) is 5.82 Å². The van der Waals surface area contributed by atoms with Gasteiger partial charge in [-0.3, -0.25) is 0 Å². The molecular weight excluding hydrogens is 347 g/mol. The Morgan fingerprint density at radius 3 is 2.68 bits per heavy atom. The number of aromatic nitrogens is 1. The van der Waals surface area contributed by atoms with Gasteiger partial charge in [0.1, 0.15) is 5.82 Å². The molecule has 2 nitrogen and oxygen atoms in total. The Bertz CT molecular complexity index is 575. The predicted molar refractivity (Wildman–Crippen MR) is 85.1 cm³/mol. The van der Waals surface area contributed by atoms with Crippen LogP contribution in [0.15, 0.2) is 41.0 Å². The summed E-state index contributed by atoms with van der Waals surface area (Å²) in [6, 6.07) is 9.79. The van der Waals surface area contributed by atoms with Gasteiger partial charge in [-0.1, -0.05) is 29.8 Å². The molecule has 0 fully saturated rings. The molecule has 0 atom stereocenters. The van der Waals surface area contributed by atoms with Gasteiger partial charge in [0.15, 0.2) is 0 Å². The van der Waals surface area contributed by atoms with E-state index in [-0.39, 0.29) is 0 Å². The van der Waals surface area contributed by atoms with E-state index in [1.165, 1.54) is 0 Å². The van der Waals surface area contributed by atoms with Crippen LogP contribution in [-0.2, 0) is 12.4 Å². The fourth-order valence-corrected chi connectivity index (χ4v) is 2.64. The minimum absolute atomic E-state index is 0.425. The molecule has 0 amide bonds. The maximum absolute atomic E-state index is 6.17. The monoisotopic (exact) mass is 358 g/mol. The van der Waals surface area contributed by atoms with Crippen molar-refractivity contribution in [3.8, 4) is 0 Å². The first-order chi connectivity index (χ1) is 9.11. The Kier molecular flexibility index (Phi) is 5.08. The minimum atomic E-state index is 0.425. The van der Waals surface area contributed by atoms with E-state index in [4.69, 9.17) is 23.2 Å². The number of rotatable bonds is 4. The van der Waals surface area contributed by atoms with E-state index in [0.717, 1.165) is 26.4 Å². The van der Waals surface area contributed by atoms with Crippen molar-refractivity contribution >= 4 is 44.9 Å². The van der Waals surface area contributed by atoms with Crippen molar-refractivity contribution in [3.05, 3.63) is 57.2 Å². The van der Waals surface area contributed by atoms with Crippen molar-refractivity contribution < 1.29 is 0 Å². The molecule has 1 aromatic heterocycles. The molecule has 2 rings (SSSR count). The zero-order valence-corrected chi connectivity index (χ0v) is 13.5. The lowest BCUT2D eigenvalue weighted by Gasteiger charge is -2.21. The summed E-state index contributed by atoms with van der Waals surface area (Å²) in [6.45, 7) is 0.693. The van der Waals surface area contributed by atoms with Crippen LogP contribution in [0.2, 0.25) is 5.02 Å². The second-order valence-corrected chi connectivity index (χ2v) is 5.81. The molecule has 0 radical (unpaired) electrons. The van der Waals surface area contributed by atoms with E-state index >= 15 is 0 Å². The number of halogens is 3. The summed E-state index contributed by atoms with van der Waals surface area (Å²) in [7, 11) is 1.98. The second-order valence-electron chi connectivity index (χ2n) is 4.22. The summed E-state index contributed by atoms with van der Waals surface area (Å²) in [5, 5.41) is 0.763. The minimum Gasteiger partial charge on any atom is -0.355 e. The third kappa shape index (κ3) is 3.62. The van der Waals surface area contributed by atoms with Crippen molar-refractivity contribution in [2.75, 3.05) is 11.9 Å². The Morgan fingerprint density at radius 2 is 2.00 bits per heavy atom. The van der Waals surface area contributed by atoms with E-state index in [0.29, 0.717) is 12.4 Å². The second kappa shape index (κ2) is 6.60. The van der Waals surface area contributed by atoms with Crippen LogP contribution < -0.4 is 4.90 Å². The summed E-state index contributed by atoms with van der Waals surface area (Å²) in [4.78, 5) is 6.47. The van der Waals surface area contributed by atoms with Gasteiger partial charge in [-0.15, -0.1) is 11.6 Å². The zero-order chi connectivity index (χ0) is 13.8. The SMILES string of the molecule is CN(Cc1ccccc1Cl)c1ncc(Br)cc1CCl. The van der Waals surface area contributed by atoms with E-state index in [2.05, 4.69) is 20.9 Å². The van der Waals surface area contributed by atoms with Crippen molar-refractivity contribution in [2.45, 2.75) is 12.4 Å². The number of anilines is 1. The Hall–Kier alpha value is -0.770. The number of hydrogen-bond donors (Lipinski definition) is 0. The highest BCUT2D eigenvalue weighted by Gasteiger charge is 2.11. The molecule has 0 bridgehead atoms. The van der Waals surface area contributed by atoms with Gasteiger partial charge in [0, 0.05) is 34.8 Å². The topological polar surface area (TPSA) is 16.1 Å². The average Bonchev–Trinajstić information content (AvgIpc) is 2.41. The fourth-order valence-electron chi connectivity index (χ4n) is 1.87. The highest BCUT2D eigenvalue weighted by molar-refractivity contribution is 9.10. The Labute approximate surface area is 131 Å². The highest BCUT2D eigenvalue weighted by atomic mass is 79.9. The molecule has 100 valence electrons. The normalized spacial score (nSPS) is 10.5. The molecule has 1 aromatic carbocycles. The number of hydrogen-bond acceptors (Lipinski definition) is 2.